The minimum absolute atomic E-state index is 0.0392. The third-order valence-corrected chi connectivity index (χ3v) is 10.7. The monoisotopic (exact) mass is 672 g/mol. The summed E-state index contributed by atoms with van der Waals surface area (Å²) in [4.78, 5) is 58.2. The molecule has 4 aromatic rings. The van der Waals surface area contributed by atoms with Gasteiger partial charge in [-0.1, -0.05) is 73.5 Å². The van der Waals surface area contributed by atoms with E-state index in [1.807, 2.05) is 50.2 Å². The van der Waals surface area contributed by atoms with Crippen molar-refractivity contribution in [3.05, 3.63) is 119 Å². The number of hydrogen-bond donors (Lipinski definition) is 2. The van der Waals surface area contributed by atoms with Crippen LogP contribution < -0.4 is 9.80 Å². The lowest BCUT2D eigenvalue weighted by atomic mass is 9.77. The van der Waals surface area contributed by atoms with Gasteiger partial charge >= 0.3 is 0 Å². The lowest BCUT2D eigenvalue weighted by Gasteiger charge is -2.25. The molecule has 50 heavy (non-hydrogen) atoms. The minimum atomic E-state index is -0.613. The van der Waals surface area contributed by atoms with Crippen molar-refractivity contribution in [1.29, 1.82) is 0 Å². The molecule has 0 bridgehead atoms. The second-order valence-electron chi connectivity index (χ2n) is 14.1. The van der Waals surface area contributed by atoms with Crippen molar-refractivity contribution >= 4 is 35.0 Å². The first-order valence-electron chi connectivity index (χ1n) is 17.4. The average Bonchev–Trinajstić information content (AvgIpc) is 3.46. The molecule has 0 spiro atoms. The number of aromatic hydroxyl groups is 2. The van der Waals surface area contributed by atoms with Gasteiger partial charge in [0.25, 0.3) is 0 Å². The van der Waals surface area contributed by atoms with Crippen molar-refractivity contribution in [3.63, 3.8) is 0 Å². The molecule has 8 heteroatoms. The zero-order chi connectivity index (χ0) is 35.7. The maximum Gasteiger partial charge on any atom is 0.237 e. The molecule has 4 aromatic carbocycles. The molecule has 0 aromatic heterocycles. The topological polar surface area (TPSA) is 115 Å². The minimum Gasteiger partial charge on any atom is -0.508 e. The first-order chi connectivity index (χ1) is 23.9. The zero-order valence-electron chi connectivity index (χ0n) is 29.0. The van der Waals surface area contributed by atoms with Crippen LogP contribution in [-0.4, -0.2) is 33.8 Å². The van der Waals surface area contributed by atoms with E-state index in [4.69, 9.17) is 0 Å². The molecule has 2 N–H and O–H groups in total. The Labute approximate surface area is 293 Å². The summed E-state index contributed by atoms with van der Waals surface area (Å²) in [5.74, 6) is -3.34. The summed E-state index contributed by atoms with van der Waals surface area (Å²) < 4.78 is 0. The SMILES string of the molecule is Cc1ccc(C(C)CC2C(=O)N(c3ccc(C)cc3)C(=O)C2CCC(CC2C(=O)N(c3ccc(O)cc3)C(=O)C2C)c2ccc(O)cc2)cc1. The fourth-order valence-electron chi connectivity index (χ4n) is 7.61. The smallest absolute Gasteiger partial charge is 0.237 e. The molecule has 2 aliphatic rings. The molecule has 2 aliphatic heterocycles. The number of carbonyl (C=O) groups excluding carboxylic acids is 4. The Hall–Kier alpha value is -5.24. The highest BCUT2D eigenvalue weighted by atomic mass is 16.3. The Morgan fingerprint density at radius 2 is 1.00 bits per heavy atom. The van der Waals surface area contributed by atoms with Crippen LogP contribution in [0.2, 0.25) is 0 Å². The molecule has 2 saturated heterocycles. The summed E-state index contributed by atoms with van der Waals surface area (Å²) in [7, 11) is 0. The quantitative estimate of drug-likeness (QED) is 0.157. The van der Waals surface area contributed by atoms with E-state index in [0.29, 0.717) is 37.1 Å². The van der Waals surface area contributed by atoms with Crippen LogP contribution in [-0.2, 0) is 19.2 Å². The number of nitrogens with zero attached hydrogens (tertiary/aromatic N) is 2. The van der Waals surface area contributed by atoms with Crippen LogP contribution in [0.4, 0.5) is 11.4 Å². The average molecular weight is 673 g/mol. The van der Waals surface area contributed by atoms with Gasteiger partial charge in [0.2, 0.25) is 23.6 Å². The number of amides is 4. The Morgan fingerprint density at radius 1 is 0.560 bits per heavy atom. The number of hydrogen-bond acceptors (Lipinski definition) is 6. The maximum absolute atomic E-state index is 14.2. The van der Waals surface area contributed by atoms with Crippen molar-refractivity contribution in [2.24, 2.45) is 23.7 Å². The van der Waals surface area contributed by atoms with Crippen LogP contribution >= 0.6 is 0 Å². The van der Waals surface area contributed by atoms with Crippen LogP contribution in [0.1, 0.15) is 73.6 Å². The van der Waals surface area contributed by atoms with E-state index in [1.165, 1.54) is 21.9 Å². The van der Waals surface area contributed by atoms with Crippen molar-refractivity contribution in [1.82, 2.24) is 0 Å². The summed E-state index contributed by atoms with van der Waals surface area (Å²) in [5, 5.41) is 19.8. The number of aryl methyl sites for hydroxylation is 2. The van der Waals surface area contributed by atoms with E-state index in [1.54, 1.807) is 31.2 Å². The Balaban J connectivity index is 1.28. The van der Waals surface area contributed by atoms with Gasteiger partial charge < -0.3 is 10.2 Å². The van der Waals surface area contributed by atoms with Crippen LogP contribution in [0.3, 0.4) is 0 Å². The lowest BCUT2D eigenvalue weighted by molar-refractivity contribution is -0.124. The molecule has 258 valence electrons. The standard InChI is InChI=1S/C42H44N2O6/c1-25-5-9-29(10-6-25)27(3)23-38-36(40(48)44(42(38)50)32-14-7-26(2)8-15-32)22-13-31(30-11-18-34(45)19-12-30)24-37-28(4)39(47)43(41(37)49)33-16-20-35(46)21-17-33/h5-12,14-21,27-28,31,36-38,45-46H,13,22-24H2,1-4H3. The highest BCUT2D eigenvalue weighted by Crippen LogP contribution is 2.43. The normalized spacial score (nSPS) is 22.0. The molecular weight excluding hydrogens is 628 g/mol. The van der Waals surface area contributed by atoms with Crippen LogP contribution in [0, 0.1) is 37.5 Å². The van der Waals surface area contributed by atoms with Crippen LogP contribution in [0.15, 0.2) is 97.1 Å². The third-order valence-electron chi connectivity index (χ3n) is 10.7. The molecule has 8 nitrogen and oxygen atoms in total. The second-order valence-corrected chi connectivity index (χ2v) is 14.1. The number of anilines is 2. The first-order valence-corrected chi connectivity index (χ1v) is 17.4. The van der Waals surface area contributed by atoms with Gasteiger partial charge in [-0.05, 0) is 111 Å². The molecule has 4 amide bonds. The van der Waals surface area contributed by atoms with Crippen LogP contribution in [0.5, 0.6) is 11.5 Å². The predicted molar refractivity (Wildman–Crippen MR) is 193 cm³/mol. The molecule has 6 unspecified atom stereocenters. The first kappa shape index (κ1) is 34.6. The number of phenolic OH excluding ortho intramolecular Hbond substituents is 2. The number of imide groups is 2. The molecular formula is C42H44N2O6. The van der Waals surface area contributed by atoms with E-state index in [2.05, 4.69) is 31.2 Å². The zero-order valence-corrected chi connectivity index (χ0v) is 29.0. The highest BCUT2D eigenvalue weighted by Gasteiger charge is 2.49. The summed E-state index contributed by atoms with van der Waals surface area (Å²) in [6, 6.07) is 28.6. The molecule has 2 fully saturated rings. The van der Waals surface area contributed by atoms with Gasteiger partial charge in [0.05, 0.1) is 29.1 Å². The van der Waals surface area contributed by atoms with Crippen LogP contribution in [0.25, 0.3) is 0 Å². The summed E-state index contributed by atoms with van der Waals surface area (Å²) >= 11 is 0. The van der Waals surface area contributed by atoms with E-state index < -0.39 is 23.7 Å². The number of benzene rings is 4. The number of phenols is 2. The third kappa shape index (κ3) is 6.93. The highest BCUT2D eigenvalue weighted by molar-refractivity contribution is 6.22. The Bertz CT molecular complexity index is 1870. The van der Waals surface area contributed by atoms with Gasteiger partial charge in [0.15, 0.2) is 0 Å². The summed E-state index contributed by atoms with van der Waals surface area (Å²) in [6.45, 7) is 7.86. The Kier molecular flexibility index (Phi) is 9.91. The lowest BCUT2D eigenvalue weighted by Crippen LogP contribution is -2.31. The largest absolute Gasteiger partial charge is 0.508 e. The second kappa shape index (κ2) is 14.3. The van der Waals surface area contributed by atoms with Crippen molar-refractivity contribution in [3.8, 4) is 11.5 Å². The molecule has 0 radical (unpaired) electrons. The fraction of sp³-hybridized carbons (Fsp3) is 0.333. The van der Waals surface area contributed by atoms with Gasteiger partial charge in [-0.25, -0.2) is 0 Å². The molecule has 0 saturated carbocycles. The van der Waals surface area contributed by atoms with E-state index in [9.17, 15) is 29.4 Å². The van der Waals surface area contributed by atoms with Crippen molar-refractivity contribution in [2.75, 3.05) is 9.80 Å². The van der Waals surface area contributed by atoms with E-state index >= 15 is 0 Å². The summed E-state index contributed by atoms with van der Waals surface area (Å²) in [6.07, 6.45) is 1.77. The fourth-order valence-corrected chi connectivity index (χ4v) is 7.61. The van der Waals surface area contributed by atoms with Gasteiger partial charge in [0.1, 0.15) is 11.5 Å². The van der Waals surface area contributed by atoms with Gasteiger partial charge in [-0.15, -0.1) is 0 Å². The maximum atomic E-state index is 14.2. The summed E-state index contributed by atoms with van der Waals surface area (Å²) in [5.41, 5.74) is 5.15. The molecule has 6 atom stereocenters. The van der Waals surface area contributed by atoms with E-state index in [0.717, 1.165) is 22.3 Å². The molecule has 0 aliphatic carbocycles. The number of rotatable bonds is 11. The number of carbonyl (C=O) groups is 4. The van der Waals surface area contributed by atoms with E-state index in [-0.39, 0.29) is 47.0 Å². The van der Waals surface area contributed by atoms with Gasteiger partial charge in [-0.3, -0.25) is 29.0 Å². The molecule has 6 rings (SSSR count). The predicted octanol–water partition coefficient (Wildman–Crippen LogP) is 7.79. The van der Waals surface area contributed by atoms with Crippen molar-refractivity contribution < 1.29 is 29.4 Å². The van der Waals surface area contributed by atoms with Gasteiger partial charge in [-0.2, -0.15) is 0 Å². The van der Waals surface area contributed by atoms with Crippen molar-refractivity contribution in [2.45, 2.75) is 65.2 Å². The van der Waals surface area contributed by atoms with Gasteiger partial charge in [0, 0.05) is 5.92 Å². The Morgan fingerprint density at radius 3 is 1.58 bits per heavy atom. The molecule has 2 heterocycles.